The zero-order valence-corrected chi connectivity index (χ0v) is 20.4. The van der Waals surface area contributed by atoms with Gasteiger partial charge in [0.05, 0.1) is 21.6 Å². The third kappa shape index (κ3) is 5.85. The number of hydrogen-bond donors (Lipinski definition) is 4. The molecule has 0 unspecified atom stereocenters. The van der Waals surface area contributed by atoms with Gasteiger partial charge in [-0.15, -0.1) is 5.10 Å². The number of nitrogens with zero attached hydrogens (tertiary/aromatic N) is 6. The molecule has 0 radical (unpaired) electrons. The highest BCUT2D eigenvalue weighted by molar-refractivity contribution is 6.35. The molecule has 4 aromatic rings. The predicted octanol–water partition coefficient (Wildman–Crippen LogP) is 2.20. The predicted molar refractivity (Wildman–Crippen MR) is 140 cm³/mol. The first-order chi connectivity index (χ1) is 17.1. The Morgan fingerprint density at radius 1 is 1.17 bits per heavy atom. The number of anilines is 2. The Morgan fingerprint density at radius 2 is 1.83 bits per heavy atom. The molecule has 0 saturated heterocycles. The van der Waals surface area contributed by atoms with Crippen molar-refractivity contribution >= 4 is 40.0 Å². The molecule has 0 atom stereocenters. The van der Waals surface area contributed by atoms with Crippen LogP contribution in [0.4, 0.5) is 16.0 Å². The Hall–Kier alpha value is -4.29. The van der Waals surface area contributed by atoms with Gasteiger partial charge in [-0.3, -0.25) is 9.36 Å². The molecule has 13 heteroatoms. The van der Waals surface area contributed by atoms with Crippen LogP contribution < -0.4 is 28.6 Å². The molecule has 188 valence electrons. The van der Waals surface area contributed by atoms with Crippen molar-refractivity contribution in [2.75, 3.05) is 18.5 Å². The molecule has 0 aliphatic carbocycles. The first-order valence-corrected chi connectivity index (χ1v) is 11.2. The van der Waals surface area contributed by atoms with E-state index in [9.17, 15) is 9.18 Å². The summed E-state index contributed by atoms with van der Waals surface area (Å²) in [5, 5.41) is 5.48. The summed E-state index contributed by atoms with van der Waals surface area (Å²) in [6, 6.07) is 11.1. The van der Waals surface area contributed by atoms with Gasteiger partial charge in [-0.1, -0.05) is 30.7 Å². The second-order valence-corrected chi connectivity index (χ2v) is 8.02. The maximum atomic E-state index is 13.5. The minimum Gasteiger partial charge on any atom is -0.383 e. The molecule has 0 aliphatic rings. The van der Waals surface area contributed by atoms with Crippen LogP contribution in [-0.2, 0) is 6.42 Å². The lowest BCUT2D eigenvalue weighted by Gasteiger charge is -2.13. The van der Waals surface area contributed by atoms with E-state index in [1.165, 1.54) is 30.1 Å². The molecule has 2 heterocycles. The maximum absolute atomic E-state index is 13.5. The number of hydrazine groups is 1. The third-order valence-corrected chi connectivity index (χ3v) is 5.20. The van der Waals surface area contributed by atoms with Crippen LogP contribution in [0.25, 0.3) is 16.6 Å². The van der Waals surface area contributed by atoms with Gasteiger partial charge in [0.2, 0.25) is 0 Å². The van der Waals surface area contributed by atoms with Crippen LogP contribution in [0, 0.1) is 5.82 Å². The molecule has 0 bridgehead atoms. The molecule has 8 N–H and O–H groups in total. The number of nitrogens with two attached hydrogens (primary N) is 4. The number of fused-ring (bicyclic) bond motifs is 1. The summed E-state index contributed by atoms with van der Waals surface area (Å²) in [5.74, 6) is 5.89. The highest BCUT2D eigenvalue weighted by atomic mass is 35.5. The highest BCUT2D eigenvalue weighted by Crippen LogP contribution is 2.21. The van der Waals surface area contributed by atoms with E-state index in [1.54, 1.807) is 30.3 Å². The molecule has 2 aromatic heterocycles. The van der Waals surface area contributed by atoms with E-state index < -0.39 is 5.82 Å². The van der Waals surface area contributed by atoms with E-state index in [0.717, 1.165) is 11.5 Å². The molecule has 0 aliphatic heterocycles. The highest BCUT2D eigenvalue weighted by Gasteiger charge is 2.15. The lowest BCUT2D eigenvalue weighted by atomic mass is 10.2. The fraction of sp³-hybridized carbons (Fsp3) is 0.174. The molecule has 11 nitrogen and oxygen atoms in total. The van der Waals surface area contributed by atoms with Gasteiger partial charge in [0.25, 0.3) is 5.56 Å². The summed E-state index contributed by atoms with van der Waals surface area (Å²) in [4.78, 5) is 24.9. The van der Waals surface area contributed by atoms with Crippen molar-refractivity contribution in [3.63, 3.8) is 0 Å². The number of halogens is 2. The topological polar surface area (TPSA) is 180 Å². The van der Waals surface area contributed by atoms with Gasteiger partial charge in [-0.25, -0.2) is 30.3 Å². The number of hydrazone groups is 1. The second-order valence-electron chi connectivity index (χ2n) is 7.61. The summed E-state index contributed by atoms with van der Waals surface area (Å²) in [5.41, 5.74) is 17.7. The Morgan fingerprint density at radius 3 is 2.44 bits per heavy atom. The first-order valence-electron chi connectivity index (χ1n) is 10.8. The van der Waals surface area contributed by atoms with E-state index in [1.807, 2.05) is 6.92 Å². The van der Waals surface area contributed by atoms with Gasteiger partial charge in [-0.05, 0) is 36.8 Å². The molecule has 36 heavy (non-hydrogen) atoms. The summed E-state index contributed by atoms with van der Waals surface area (Å²) in [7, 11) is 1.52. The first kappa shape index (κ1) is 26.3. The average molecular weight is 513 g/mol. The maximum Gasteiger partial charge on any atom is 0.267 e. The van der Waals surface area contributed by atoms with Crippen molar-refractivity contribution in [1.82, 2.24) is 24.6 Å². The number of aryl methyl sites for hydroxylation is 1. The van der Waals surface area contributed by atoms with Crippen molar-refractivity contribution in [2.24, 2.45) is 16.7 Å². The van der Waals surface area contributed by atoms with Gasteiger partial charge < -0.3 is 17.2 Å². The summed E-state index contributed by atoms with van der Waals surface area (Å²) in [6.45, 7) is 2.00. The van der Waals surface area contributed by atoms with Gasteiger partial charge in [-0.2, -0.15) is 0 Å². The monoisotopic (exact) mass is 512 g/mol. The van der Waals surface area contributed by atoms with Crippen LogP contribution in [0.1, 0.15) is 24.7 Å². The van der Waals surface area contributed by atoms with Crippen LogP contribution >= 0.6 is 11.6 Å². The number of nitrogen functional groups attached to an aromatic ring is 2. The Bertz CT molecular complexity index is 1450. The van der Waals surface area contributed by atoms with Crippen LogP contribution in [0.15, 0.2) is 58.7 Å². The van der Waals surface area contributed by atoms with Crippen molar-refractivity contribution in [3.8, 4) is 5.69 Å². The minimum absolute atomic E-state index is 0.0746. The smallest absolute Gasteiger partial charge is 0.267 e. The molecule has 0 amide bonds. The molecule has 0 spiro atoms. The van der Waals surface area contributed by atoms with E-state index in [-0.39, 0.29) is 23.0 Å². The van der Waals surface area contributed by atoms with E-state index in [2.05, 4.69) is 20.1 Å². The molecule has 0 saturated carbocycles. The number of amidine groups is 1. The zero-order valence-electron chi connectivity index (χ0n) is 19.7. The summed E-state index contributed by atoms with van der Waals surface area (Å²) < 4.78 is 15.0. The average Bonchev–Trinajstić information content (AvgIpc) is 2.79. The molecule has 4 rings (SSSR count). The normalized spacial score (nSPS) is 11.2. The second kappa shape index (κ2) is 11.4. The Balaban J connectivity index is 0.000000223. The largest absolute Gasteiger partial charge is 0.383 e. The van der Waals surface area contributed by atoms with Gasteiger partial charge in [0, 0.05) is 13.5 Å². The van der Waals surface area contributed by atoms with Gasteiger partial charge >= 0.3 is 0 Å². The number of benzene rings is 2. The van der Waals surface area contributed by atoms with Crippen molar-refractivity contribution < 1.29 is 4.39 Å². The van der Waals surface area contributed by atoms with Crippen LogP contribution in [0.2, 0.25) is 5.02 Å². The summed E-state index contributed by atoms with van der Waals surface area (Å²) >= 11 is 6.16. The lowest BCUT2D eigenvalue weighted by Crippen LogP contribution is -2.27. The quantitative estimate of drug-likeness (QED) is 0.135. The lowest BCUT2D eigenvalue weighted by molar-refractivity contribution is 0.371. The number of hydrogen-bond acceptors (Lipinski definition) is 9. The fourth-order valence-electron chi connectivity index (χ4n) is 3.40. The third-order valence-electron chi connectivity index (χ3n) is 4.88. The van der Waals surface area contributed by atoms with Gasteiger partial charge in [0.1, 0.15) is 35.2 Å². The molecular weight excluding hydrogens is 487 g/mol. The van der Waals surface area contributed by atoms with E-state index in [0.29, 0.717) is 39.4 Å². The number of rotatable bonds is 5. The molecule has 2 aromatic carbocycles. The van der Waals surface area contributed by atoms with Crippen molar-refractivity contribution in [2.45, 2.75) is 19.8 Å². The minimum atomic E-state index is -0.397. The van der Waals surface area contributed by atoms with Crippen LogP contribution in [0.3, 0.4) is 0 Å². The molecular formula is C23H26ClFN10O. The van der Waals surface area contributed by atoms with Crippen LogP contribution in [0.5, 0.6) is 0 Å². The zero-order chi connectivity index (χ0) is 26.4. The molecule has 0 fully saturated rings. The van der Waals surface area contributed by atoms with E-state index >= 15 is 0 Å². The van der Waals surface area contributed by atoms with E-state index in [4.69, 9.17) is 34.6 Å². The Labute approximate surface area is 211 Å². The number of aromatic nitrogens is 4. The SMILES string of the molecule is CCCc1nc2cccc(Cl)c2c(=O)n1-c1cccc(F)c1.CN(N)/N=C(\N)c1c(N)ncnc1N. The van der Waals surface area contributed by atoms with Crippen molar-refractivity contribution in [1.29, 1.82) is 0 Å². The van der Waals surface area contributed by atoms with Crippen molar-refractivity contribution in [3.05, 3.63) is 81.4 Å². The Kier molecular flexibility index (Phi) is 8.35. The summed E-state index contributed by atoms with van der Waals surface area (Å²) in [6.07, 6.45) is 2.69. The standard InChI is InChI=1S/C17H14ClFN2O.C6H12N8/c1-2-5-15-20-14-9-4-8-13(18)16(14)17(22)21(15)12-7-3-6-11(19)10-12;1-14(10)13-6(9)3-4(7)11-2-12-5(3)8/h3-4,6-10H,2,5H2,1H3;2H,10H2,1H3,(H2,9,13)(H4,7,8,11,12). The van der Waals surface area contributed by atoms with Gasteiger partial charge in [0.15, 0.2) is 5.84 Å². The fourth-order valence-corrected chi connectivity index (χ4v) is 3.65. The van der Waals surface area contributed by atoms with Crippen LogP contribution in [-0.4, -0.2) is 37.5 Å².